The number of nitriles is 1. The highest BCUT2D eigenvalue weighted by Crippen LogP contribution is 2.38. The van der Waals surface area contributed by atoms with Gasteiger partial charge in [-0.2, -0.15) is 5.26 Å². The van der Waals surface area contributed by atoms with Gasteiger partial charge in [-0.1, -0.05) is 41.9 Å². The molecule has 3 aromatic rings. The Hall–Kier alpha value is -4.28. The van der Waals surface area contributed by atoms with Gasteiger partial charge in [-0.15, -0.1) is 0 Å². The zero-order chi connectivity index (χ0) is 24.5. The third kappa shape index (κ3) is 6.37. The fraction of sp³-hybridized carbons (Fsp3) is 0.115. The van der Waals surface area contributed by atoms with Gasteiger partial charge in [-0.3, -0.25) is 4.79 Å². The lowest BCUT2D eigenvalue weighted by atomic mass is 10.1. The Morgan fingerprint density at radius 1 is 1.09 bits per heavy atom. The van der Waals surface area contributed by atoms with Crippen LogP contribution in [0.5, 0.6) is 11.5 Å². The van der Waals surface area contributed by atoms with Gasteiger partial charge < -0.3 is 19.9 Å². The number of aromatic carboxylic acids is 1. The number of halogens is 1. The van der Waals surface area contributed by atoms with Crippen molar-refractivity contribution in [1.82, 2.24) is 0 Å². The monoisotopic (exact) mass is 476 g/mol. The van der Waals surface area contributed by atoms with E-state index in [1.807, 2.05) is 43.3 Å². The van der Waals surface area contributed by atoms with Crippen molar-refractivity contribution in [2.45, 2.75) is 13.5 Å². The standard InChI is InChI=1S/C26H21ClN2O5/c1-2-33-23-14-18(13-22(27)24(23)34-16-17-6-4-3-5-7-17)12-20(15-28)25(30)29-21-10-8-19(9-11-21)26(31)32/h3-14H,2,16H2,1H3,(H,29,30)(H,31,32)/b20-12+. The molecule has 0 radical (unpaired) electrons. The molecule has 0 heterocycles. The van der Waals surface area contributed by atoms with Gasteiger partial charge in [-0.05, 0) is 60.5 Å². The van der Waals surface area contributed by atoms with Gasteiger partial charge in [-0.25, -0.2) is 4.79 Å². The van der Waals surface area contributed by atoms with E-state index in [-0.39, 0.29) is 16.2 Å². The lowest BCUT2D eigenvalue weighted by Gasteiger charge is -2.15. The van der Waals surface area contributed by atoms with Gasteiger partial charge in [0.1, 0.15) is 18.2 Å². The molecular weight excluding hydrogens is 456 g/mol. The van der Waals surface area contributed by atoms with Crippen LogP contribution >= 0.6 is 11.6 Å². The lowest BCUT2D eigenvalue weighted by Crippen LogP contribution is -2.13. The van der Waals surface area contributed by atoms with Crippen LogP contribution in [-0.4, -0.2) is 23.6 Å². The molecule has 0 saturated carbocycles. The number of carboxylic acids is 1. The van der Waals surface area contributed by atoms with E-state index in [0.717, 1.165) is 5.56 Å². The van der Waals surface area contributed by atoms with Crippen LogP contribution in [0.15, 0.2) is 72.3 Å². The number of ether oxygens (including phenoxy) is 2. The van der Waals surface area contributed by atoms with Crippen molar-refractivity contribution >= 4 is 35.2 Å². The maximum Gasteiger partial charge on any atom is 0.335 e. The Labute approximate surface area is 201 Å². The van der Waals surface area contributed by atoms with Gasteiger partial charge in [0.15, 0.2) is 11.5 Å². The van der Waals surface area contributed by atoms with Crippen LogP contribution < -0.4 is 14.8 Å². The first-order chi connectivity index (χ1) is 16.4. The van der Waals surface area contributed by atoms with E-state index in [0.29, 0.717) is 36.0 Å². The Morgan fingerprint density at radius 2 is 1.79 bits per heavy atom. The number of hydrogen-bond acceptors (Lipinski definition) is 5. The van der Waals surface area contributed by atoms with E-state index in [9.17, 15) is 14.9 Å². The van der Waals surface area contributed by atoms with Crippen molar-refractivity contribution in [3.05, 3.63) is 94.0 Å². The van der Waals surface area contributed by atoms with Gasteiger partial charge in [0.25, 0.3) is 5.91 Å². The number of carbonyl (C=O) groups is 2. The molecule has 34 heavy (non-hydrogen) atoms. The summed E-state index contributed by atoms with van der Waals surface area (Å²) < 4.78 is 11.6. The number of hydrogen-bond donors (Lipinski definition) is 2. The Kier molecular flexibility index (Phi) is 8.27. The first kappa shape index (κ1) is 24.4. The van der Waals surface area contributed by atoms with E-state index in [1.54, 1.807) is 12.1 Å². The first-order valence-corrected chi connectivity index (χ1v) is 10.7. The fourth-order valence-electron chi connectivity index (χ4n) is 3.01. The molecule has 0 saturated heterocycles. The molecule has 0 spiro atoms. The molecule has 172 valence electrons. The van der Waals surface area contributed by atoms with Crippen LogP contribution in [0.4, 0.5) is 5.69 Å². The SMILES string of the molecule is CCOc1cc(/C=C(\C#N)C(=O)Nc2ccc(C(=O)O)cc2)cc(Cl)c1OCc1ccccc1. The summed E-state index contributed by atoms with van der Waals surface area (Å²) in [6.45, 7) is 2.48. The Morgan fingerprint density at radius 3 is 2.41 bits per heavy atom. The molecule has 2 N–H and O–H groups in total. The summed E-state index contributed by atoms with van der Waals surface area (Å²) in [7, 11) is 0. The molecule has 8 heteroatoms. The number of carboxylic acid groups (broad SMARTS) is 1. The molecule has 0 aliphatic rings. The van der Waals surface area contributed by atoms with Crippen LogP contribution in [-0.2, 0) is 11.4 Å². The van der Waals surface area contributed by atoms with E-state index in [2.05, 4.69) is 5.32 Å². The van der Waals surface area contributed by atoms with Gasteiger partial charge in [0.05, 0.1) is 17.2 Å². The summed E-state index contributed by atoms with van der Waals surface area (Å²) in [4.78, 5) is 23.5. The lowest BCUT2D eigenvalue weighted by molar-refractivity contribution is -0.112. The molecule has 7 nitrogen and oxygen atoms in total. The molecule has 3 aromatic carbocycles. The van der Waals surface area contributed by atoms with Crippen molar-refractivity contribution < 1.29 is 24.2 Å². The topological polar surface area (TPSA) is 109 Å². The molecule has 1 amide bonds. The zero-order valence-corrected chi connectivity index (χ0v) is 19.0. The number of anilines is 1. The molecular formula is C26H21ClN2O5. The van der Waals surface area contributed by atoms with Crippen LogP contribution in [0.2, 0.25) is 5.02 Å². The van der Waals surface area contributed by atoms with E-state index < -0.39 is 11.9 Å². The predicted molar refractivity (Wildman–Crippen MR) is 129 cm³/mol. The highest BCUT2D eigenvalue weighted by molar-refractivity contribution is 6.32. The number of amides is 1. The summed E-state index contributed by atoms with van der Waals surface area (Å²) in [5, 5.41) is 21.3. The first-order valence-electron chi connectivity index (χ1n) is 10.3. The highest BCUT2D eigenvalue weighted by atomic mass is 35.5. The molecule has 0 atom stereocenters. The smallest absolute Gasteiger partial charge is 0.335 e. The second kappa shape index (κ2) is 11.5. The number of rotatable bonds is 9. The highest BCUT2D eigenvalue weighted by Gasteiger charge is 2.15. The molecule has 3 rings (SSSR count). The molecule has 0 unspecified atom stereocenters. The second-order valence-corrected chi connectivity index (χ2v) is 7.45. The average molecular weight is 477 g/mol. The Balaban J connectivity index is 1.82. The Bertz CT molecular complexity index is 1250. The van der Waals surface area contributed by atoms with Gasteiger partial charge >= 0.3 is 5.97 Å². The molecule has 0 aliphatic carbocycles. The molecule has 0 aliphatic heterocycles. The average Bonchev–Trinajstić information content (AvgIpc) is 2.83. The molecule has 0 aromatic heterocycles. The zero-order valence-electron chi connectivity index (χ0n) is 18.2. The van der Waals surface area contributed by atoms with Crippen molar-refractivity contribution in [1.29, 1.82) is 5.26 Å². The molecule has 0 bridgehead atoms. The quantitative estimate of drug-likeness (QED) is 0.309. The van der Waals surface area contributed by atoms with Crippen molar-refractivity contribution in [3.63, 3.8) is 0 Å². The van der Waals surface area contributed by atoms with E-state index in [1.165, 1.54) is 30.3 Å². The van der Waals surface area contributed by atoms with Crippen molar-refractivity contribution in [2.75, 3.05) is 11.9 Å². The van der Waals surface area contributed by atoms with Crippen molar-refractivity contribution in [3.8, 4) is 17.6 Å². The molecule has 0 fully saturated rings. The summed E-state index contributed by atoms with van der Waals surface area (Å²) in [6, 6.07) is 20.3. The number of carbonyl (C=O) groups excluding carboxylic acids is 1. The van der Waals surface area contributed by atoms with Gasteiger partial charge in [0.2, 0.25) is 0 Å². The maximum atomic E-state index is 12.6. The van der Waals surface area contributed by atoms with E-state index >= 15 is 0 Å². The summed E-state index contributed by atoms with van der Waals surface area (Å²) >= 11 is 6.45. The minimum atomic E-state index is -1.08. The maximum absolute atomic E-state index is 12.6. The van der Waals surface area contributed by atoms with Crippen LogP contribution in [0.1, 0.15) is 28.4 Å². The largest absolute Gasteiger partial charge is 0.490 e. The number of benzene rings is 3. The van der Waals surface area contributed by atoms with Crippen molar-refractivity contribution in [2.24, 2.45) is 0 Å². The van der Waals surface area contributed by atoms with Crippen LogP contribution in [0, 0.1) is 11.3 Å². The second-order valence-electron chi connectivity index (χ2n) is 7.04. The fourth-order valence-corrected chi connectivity index (χ4v) is 3.29. The van der Waals surface area contributed by atoms with Crippen LogP contribution in [0.25, 0.3) is 6.08 Å². The van der Waals surface area contributed by atoms with Crippen LogP contribution in [0.3, 0.4) is 0 Å². The minimum Gasteiger partial charge on any atom is -0.490 e. The predicted octanol–water partition coefficient (Wildman–Crippen LogP) is 5.56. The summed E-state index contributed by atoms with van der Waals surface area (Å²) in [6.07, 6.45) is 1.39. The van der Waals surface area contributed by atoms with E-state index in [4.69, 9.17) is 26.2 Å². The number of nitrogens with zero attached hydrogens (tertiary/aromatic N) is 1. The third-order valence-corrected chi connectivity index (χ3v) is 4.90. The third-order valence-electron chi connectivity index (χ3n) is 4.62. The van der Waals surface area contributed by atoms with Gasteiger partial charge in [0, 0.05) is 5.69 Å². The summed E-state index contributed by atoms with van der Waals surface area (Å²) in [5.41, 5.74) is 1.72. The number of nitrogens with one attached hydrogen (secondary N) is 1. The normalized spacial score (nSPS) is 10.8. The summed E-state index contributed by atoms with van der Waals surface area (Å²) in [5.74, 6) is -0.970. The minimum absolute atomic E-state index is 0.0849.